The minimum atomic E-state index is -0.882. The molecule has 2 aromatic rings. The number of hydrogen-bond donors (Lipinski definition) is 3. The fourth-order valence-corrected chi connectivity index (χ4v) is 2.62. The average Bonchev–Trinajstić information content (AvgIpc) is 2.76. The van der Waals surface area contributed by atoms with Crippen LogP contribution in [0.5, 0.6) is 11.5 Å². The molecule has 0 aliphatic rings. The summed E-state index contributed by atoms with van der Waals surface area (Å²) in [7, 11) is 1.42. The molecule has 164 valence electrons. The summed E-state index contributed by atoms with van der Waals surface area (Å²) in [5, 5.41) is 9.05. The summed E-state index contributed by atoms with van der Waals surface area (Å²) in [6, 6.07) is 12.0. The Morgan fingerprint density at radius 3 is 2.55 bits per heavy atom. The van der Waals surface area contributed by atoms with E-state index in [0.717, 1.165) is 0 Å². The van der Waals surface area contributed by atoms with Gasteiger partial charge in [0.25, 0.3) is 5.91 Å². The number of para-hydroxylation sites is 1. The Kier molecular flexibility index (Phi) is 9.31. The predicted molar refractivity (Wildman–Crippen MR) is 118 cm³/mol. The van der Waals surface area contributed by atoms with Crippen LogP contribution >= 0.6 is 11.6 Å². The first kappa shape index (κ1) is 23.7. The Hall–Kier alpha value is -3.59. The molecule has 3 N–H and O–H groups in total. The first-order chi connectivity index (χ1) is 14.9. The molecule has 9 nitrogen and oxygen atoms in total. The third-order valence-electron chi connectivity index (χ3n) is 3.78. The van der Waals surface area contributed by atoms with Crippen molar-refractivity contribution in [1.29, 1.82) is 0 Å². The molecule has 2 rings (SSSR count). The number of rotatable bonds is 9. The van der Waals surface area contributed by atoms with Crippen LogP contribution in [-0.4, -0.2) is 44.2 Å². The zero-order chi connectivity index (χ0) is 22.6. The Morgan fingerprint density at radius 1 is 1.13 bits per heavy atom. The van der Waals surface area contributed by atoms with E-state index in [4.69, 9.17) is 21.1 Å². The van der Waals surface area contributed by atoms with Crippen LogP contribution in [0.25, 0.3) is 0 Å². The molecular weight excluding hydrogens is 424 g/mol. The van der Waals surface area contributed by atoms with Gasteiger partial charge in [-0.05, 0) is 36.2 Å². The summed E-state index contributed by atoms with van der Waals surface area (Å²) in [6.07, 6.45) is 2.01. The van der Waals surface area contributed by atoms with Gasteiger partial charge in [0.1, 0.15) is 0 Å². The van der Waals surface area contributed by atoms with Crippen LogP contribution in [0.3, 0.4) is 0 Å². The molecule has 0 saturated heterocycles. The number of nitrogens with zero attached hydrogens (tertiary/aromatic N) is 1. The van der Waals surface area contributed by atoms with Gasteiger partial charge in [0.15, 0.2) is 18.1 Å². The Labute approximate surface area is 184 Å². The highest BCUT2D eigenvalue weighted by atomic mass is 35.5. The van der Waals surface area contributed by atoms with E-state index in [0.29, 0.717) is 24.2 Å². The second-order valence-corrected chi connectivity index (χ2v) is 6.60. The Morgan fingerprint density at radius 2 is 1.87 bits per heavy atom. The number of ether oxygens (including phenoxy) is 2. The summed E-state index contributed by atoms with van der Waals surface area (Å²) in [4.78, 5) is 35.2. The van der Waals surface area contributed by atoms with Crippen molar-refractivity contribution in [2.24, 2.45) is 5.10 Å². The summed E-state index contributed by atoms with van der Waals surface area (Å²) >= 11 is 6.26. The summed E-state index contributed by atoms with van der Waals surface area (Å²) in [6.45, 7) is 1.99. The Balaban J connectivity index is 1.98. The van der Waals surface area contributed by atoms with Gasteiger partial charge in [0.2, 0.25) is 0 Å². The topological polar surface area (TPSA) is 118 Å². The first-order valence-corrected chi connectivity index (χ1v) is 9.78. The van der Waals surface area contributed by atoms with E-state index >= 15 is 0 Å². The molecule has 3 amide bonds. The van der Waals surface area contributed by atoms with Crippen LogP contribution in [-0.2, 0) is 14.4 Å². The lowest BCUT2D eigenvalue weighted by Gasteiger charge is -2.13. The molecule has 31 heavy (non-hydrogen) atoms. The van der Waals surface area contributed by atoms with Crippen molar-refractivity contribution in [3.8, 4) is 11.5 Å². The fraction of sp³-hybridized carbons (Fsp3) is 0.238. The van der Waals surface area contributed by atoms with E-state index in [1.807, 2.05) is 13.0 Å². The van der Waals surface area contributed by atoms with Gasteiger partial charge in [-0.25, -0.2) is 5.43 Å². The van der Waals surface area contributed by atoms with E-state index in [-0.39, 0.29) is 29.0 Å². The number of methoxy groups -OCH3 is 1. The van der Waals surface area contributed by atoms with Crippen molar-refractivity contribution < 1.29 is 23.9 Å². The zero-order valence-corrected chi connectivity index (χ0v) is 17.9. The number of amides is 3. The van der Waals surface area contributed by atoms with Crippen molar-refractivity contribution in [2.45, 2.75) is 13.3 Å². The maximum absolute atomic E-state index is 12.1. The molecule has 0 radical (unpaired) electrons. The minimum Gasteiger partial charge on any atom is -0.493 e. The Bertz CT molecular complexity index is 950. The van der Waals surface area contributed by atoms with Crippen LogP contribution in [0.1, 0.15) is 18.9 Å². The molecule has 0 aliphatic heterocycles. The third-order valence-corrected chi connectivity index (χ3v) is 4.06. The molecule has 0 spiro atoms. The number of carbonyl (C=O) groups is 3. The molecule has 0 unspecified atom stereocenters. The van der Waals surface area contributed by atoms with E-state index in [1.165, 1.54) is 19.4 Å². The predicted octanol–water partition coefficient (Wildman–Crippen LogP) is 2.34. The molecule has 0 saturated carbocycles. The van der Waals surface area contributed by atoms with Gasteiger partial charge in [-0.2, -0.15) is 5.10 Å². The lowest BCUT2D eigenvalue weighted by molar-refractivity contribution is -0.139. The van der Waals surface area contributed by atoms with Gasteiger partial charge < -0.3 is 20.1 Å². The van der Waals surface area contributed by atoms with E-state index in [1.54, 1.807) is 30.3 Å². The number of benzene rings is 2. The van der Waals surface area contributed by atoms with Crippen molar-refractivity contribution >= 4 is 41.2 Å². The van der Waals surface area contributed by atoms with Gasteiger partial charge in [-0.3, -0.25) is 14.4 Å². The van der Waals surface area contributed by atoms with E-state index in [2.05, 4.69) is 21.2 Å². The maximum atomic E-state index is 12.1. The maximum Gasteiger partial charge on any atom is 0.329 e. The first-order valence-electron chi connectivity index (χ1n) is 9.41. The molecule has 0 bridgehead atoms. The second kappa shape index (κ2) is 12.2. The number of anilines is 1. The molecule has 10 heteroatoms. The van der Waals surface area contributed by atoms with Gasteiger partial charge in [-0.1, -0.05) is 36.7 Å². The number of hydrazone groups is 1. The van der Waals surface area contributed by atoms with E-state index in [9.17, 15) is 14.4 Å². The SMILES string of the molecule is CCCNC(=O)C(=O)N/N=C\c1cc(Cl)c(OCC(=O)Nc2ccccc2)c(OC)c1. The van der Waals surface area contributed by atoms with Crippen molar-refractivity contribution in [3.63, 3.8) is 0 Å². The highest BCUT2D eigenvalue weighted by Crippen LogP contribution is 2.36. The quantitative estimate of drug-likeness (QED) is 0.310. The molecule has 2 aromatic carbocycles. The standard InChI is InChI=1S/C21H23ClN4O5/c1-3-9-23-20(28)21(29)26-24-12-14-10-16(22)19(17(11-14)30-2)31-13-18(27)25-15-7-5-4-6-8-15/h4-8,10-12H,3,9,13H2,1-2H3,(H,23,28)(H,25,27)(H,26,29)/b24-12-. The molecular formula is C21H23ClN4O5. The van der Waals surface area contributed by atoms with Gasteiger partial charge in [0.05, 0.1) is 18.3 Å². The normalized spacial score (nSPS) is 10.4. The smallest absolute Gasteiger partial charge is 0.329 e. The molecule has 0 aliphatic carbocycles. The molecule has 0 atom stereocenters. The molecule has 0 fully saturated rings. The zero-order valence-electron chi connectivity index (χ0n) is 17.1. The number of nitrogens with one attached hydrogen (secondary N) is 3. The number of carbonyl (C=O) groups excluding carboxylic acids is 3. The van der Waals surface area contributed by atoms with Crippen molar-refractivity contribution in [1.82, 2.24) is 10.7 Å². The average molecular weight is 447 g/mol. The van der Waals surface area contributed by atoms with Crippen LogP contribution in [0.2, 0.25) is 5.02 Å². The van der Waals surface area contributed by atoms with Crippen LogP contribution in [0.4, 0.5) is 5.69 Å². The lowest BCUT2D eigenvalue weighted by Crippen LogP contribution is -2.38. The summed E-state index contributed by atoms with van der Waals surface area (Å²) in [5.74, 6) is -1.56. The fourth-order valence-electron chi connectivity index (χ4n) is 2.35. The van der Waals surface area contributed by atoms with E-state index < -0.39 is 11.8 Å². The van der Waals surface area contributed by atoms with Gasteiger partial charge >= 0.3 is 11.8 Å². The number of halogens is 1. The van der Waals surface area contributed by atoms with Crippen LogP contribution in [0.15, 0.2) is 47.6 Å². The third kappa shape index (κ3) is 7.63. The summed E-state index contributed by atoms with van der Waals surface area (Å²) < 4.78 is 10.8. The summed E-state index contributed by atoms with van der Waals surface area (Å²) in [5.41, 5.74) is 3.25. The van der Waals surface area contributed by atoms with Gasteiger partial charge in [0, 0.05) is 12.2 Å². The van der Waals surface area contributed by atoms with Crippen LogP contribution in [0, 0.1) is 0 Å². The number of hydrogen-bond acceptors (Lipinski definition) is 6. The highest BCUT2D eigenvalue weighted by molar-refractivity contribution is 6.35. The largest absolute Gasteiger partial charge is 0.493 e. The van der Waals surface area contributed by atoms with Crippen molar-refractivity contribution in [2.75, 3.05) is 25.6 Å². The lowest BCUT2D eigenvalue weighted by atomic mass is 10.2. The minimum absolute atomic E-state index is 0.181. The van der Waals surface area contributed by atoms with Gasteiger partial charge in [-0.15, -0.1) is 0 Å². The second-order valence-electron chi connectivity index (χ2n) is 6.19. The monoisotopic (exact) mass is 446 g/mol. The molecule has 0 aromatic heterocycles. The molecule has 0 heterocycles. The van der Waals surface area contributed by atoms with Crippen LogP contribution < -0.4 is 25.5 Å². The van der Waals surface area contributed by atoms with Crippen molar-refractivity contribution in [3.05, 3.63) is 53.1 Å². The highest BCUT2D eigenvalue weighted by Gasteiger charge is 2.14.